The van der Waals surface area contributed by atoms with E-state index in [1.807, 2.05) is 0 Å². The molecule has 0 fully saturated rings. The molecule has 66 valence electrons. The van der Waals surface area contributed by atoms with Crippen molar-refractivity contribution in [2.45, 2.75) is 0 Å². The predicted octanol–water partition coefficient (Wildman–Crippen LogP) is 1.64. The molecule has 0 unspecified atom stereocenters. The largest absolute Gasteiger partial charge is 0.502 e. The maximum absolute atomic E-state index is 12.7. The van der Waals surface area contributed by atoms with E-state index in [0.29, 0.717) is 5.39 Å². The highest BCUT2D eigenvalue weighted by molar-refractivity contribution is 5.77. The number of rotatable bonds is 0. The number of fused-ring (bicyclic) bond motifs is 1. The van der Waals surface area contributed by atoms with Gasteiger partial charge in [-0.1, -0.05) is 0 Å². The summed E-state index contributed by atoms with van der Waals surface area (Å²) in [7, 11) is 0. The van der Waals surface area contributed by atoms with Gasteiger partial charge in [-0.25, -0.2) is 9.18 Å². The van der Waals surface area contributed by atoms with E-state index in [1.54, 1.807) is 0 Å². The van der Waals surface area contributed by atoms with Crippen LogP contribution in [-0.2, 0) is 0 Å². The molecule has 13 heavy (non-hydrogen) atoms. The Labute approximate surface area is 72.0 Å². The van der Waals surface area contributed by atoms with E-state index in [0.717, 1.165) is 0 Å². The summed E-state index contributed by atoms with van der Waals surface area (Å²) in [6.45, 7) is 0. The number of benzene rings is 1. The molecule has 0 bridgehead atoms. The van der Waals surface area contributed by atoms with Crippen LogP contribution in [0.4, 0.5) is 4.39 Å². The molecule has 0 radical (unpaired) electrons. The van der Waals surface area contributed by atoms with Crippen molar-refractivity contribution in [3.05, 3.63) is 40.5 Å². The minimum Gasteiger partial charge on any atom is -0.502 e. The molecule has 1 aromatic heterocycles. The second-order valence-electron chi connectivity index (χ2n) is 2.60. The van der Waals surface area contributed by atoms with Gasteiger partial charge in [0.2, 0.25) is 5.75 Å². The Bertz CT molecular complexity index is 516. The minimum absolute atomic E-state index is 0.254. The third kappa shape index (κ3) is 1.26. The molecule has 0 aliphatic carbocycles. The van der Waals surface area contributed by atoms with Crippen LogP contribution in [0.15, 0.2) is 33.5 Å². The van der Waals surface area contributed by atoms with Gasteiger partial charge in [0.25, 0.3) is 0 Å². The molecule has 1 heterocycles. The second kappa shape index (κ2) is 2.58. The summed E-state index contributed by atoms with van der Waals surface area (Å²) < 4.78 is 17.3. The van der Waals surface area contributed by atoms with Crippen LogP contribution in [0.25, 0.3) is 11.0 Å². The summed E-state index contributed by atoms with van der Waals surface area (Å²) in [6.07, 6.45) is 0. The van der Waals surface area contributed by atoms with Gasteiger partial charge in [0.1, 0.15) is 11.4 Å². The normalized spacial score (nSPS) is 10.5. The highest BCUT2D eigenvalue weighted by atomic mass is 19.1. The summed E-state index contributed by atoms with van der Waals surface area (Å²) >= 11 is 0. The van der Waals surface area contributed by atoms with E-state index < -0.39 is 17.2 Å². The summed E-state index contributed by atoms with van der Waals surface area (Å²) in [5.74, 6) is -0.959. The molecule has 0 saturated carbocycles. The summed E-state index contributed by atoms with van der Waals surface area (Å²) in [5.41, 5.74) is -0.566. The van der Waals surface area contributed by atoms with Gasteiger partial charge < -0.3 is 9.52 Å². The van der Waals surface area contributed by atoms with Crippen molar-refractivity contribution in [3.63, 3.8) is 0 Å². The molecule has 1 aromatic carbocycles. The van der Waals surface area contributed by atoms with E-state index in [-0.39, 0.29) is 5.58 Å². The van der Waals surface area contributed by atoms with E-state index in [4.69, 9.17) is 5.11 Å². The van der Waals surface area contributed by atoms with Crippen molar-refractivity contribution in [1.82, 2.24) is 0 Å². The molecule has 0 spiro atoms. The lowest BCUT2D eigenvalue weighted by Gasteiger charge is -1.96. The van der Waals surface area contributed by atoms with Gasteiger partial charge in [-0.05, 0) is 24.3 Å². The zero-order valence-corrected chi connectivity index (χ0v) is 6.45. The van der Waals surface area contributed by atoms with Crippen molar-refractivity contribution < 1.29 is 13.9 Å². The third-order valence-corrected chi connectivity index (χ3v) is 1.68. The third-order valence-electron chi connectivity index (χ3n) is 1.68. The van der Waals surface area contributed by atoms with Crippen LogP contribution in [-0.4, -0.2) is 5.11 Å². The molecule has 0 aliphatic heterocycles. The first-order valence-electron chi connectivity index (χ1n) is 3.59. The average Bonchev–Trinajstić information content (AvgIpc) is 2.08. The first-order chi connectivity index (χ1) is 6.16. The SMILES string of the molecule is O=c1oc2ccc(F)cc2cc1O. The molecule has 0 amide bonds. The Morgan fingerprint density at radius 2 is 2.08 bits per heavy atom. The van der Waals surface area contributed by atoms with E-state index in [2.05, 4.69) is 4.42 Å². The van der Waals surface area contributed by atoms with E-state index in [9.17, 15) is 9.18 Å². The molecular weight excluding hydrogens is 175 g/mol. The summed E-state index contributed by atoms with van der Waals surface area (Å²) in [6, 6.07) is 4.87. The fourth-order valence-corrected chi connectivity index (χ4v) is 1.08. The van der Waals surface area contributed by atoms with Crippen molar-refractivity contribution in [3.8, 4) is 5.75 Å². The van der Waals surface area contributed by atoms with E-state index >= 15 is 0 Å². The molecule has 0 aliphatic rings. The van der Waals surface area contributed by atoms with Crippen molar-refractivity contribution >= 4 is 11.0 Å². The smallest absolute Gasteiger partial charge is 0.378 e. The van der Waals surface area contributed by atoms with Crippen LogP contribution in [0.3, 0.4) is 0 Å². The fourth-order valence-electron chi connectivity index (χ4n) is 1.08. The monoisotopic (exact) mass is 180 g/mol. The highest BCUT2D eigenvalue weighted by Crippen LogP contribution is 2.16. The predicted molar refractivity (Wildman–Crippen MR) is 44.1 cm³/mol. The lowest BCUT2D eigenvalue weighted by atomic mass is 10.2. The Balaban J connectivity index is 2.89. The zero-order valence-electron chi connectivity index (χ0n) is 6.45. The van der Waals surface area contributed by atoms with Gasteiger partial charge in [-0.15, -0.1) is 0 Å². The Morgan fingerprint density at radius 3 is 2.85 bits per heavy atom. The molecule has 0 atom stereocenters. The maximum atomic E-state index is 12.7. The molecule has 3 nitrogen and oxygen atoms in total. The maximum Gasteiger partial charge on any atom is 0.378 e. The molecule has 0 saturated heterocycles. The van der Waals surface area contributed by atoms with Crippen LogP contribution < -0.4 is 5.63 Å². The quantitative estimate of drug-likeness (QED) is 0.627. The first kappa shape index (κ1) is 7.79. The van der Waals surface area contributed by atoms with Gasteiger partial charge in [-0.3, -0.25) is 0 Å². The lowest BCUT2D eigenvalue weighted by molar-refractivity contribution is 0.428. The molecule has 2 rings (SSSR count). The highest BCUT2D eigenvalue weighted by Gasteiger charge is 2.03. The van der Waals surface area contributed by atoms with Crippen molar-refractivity contribution in [2.75, 3.05) is 0 Å². The molecule has 1 N–H and O–H groups in total. The number of hydrogen-bond acceptors (Lipinski definition) is 3. The zero-order chi connectivity index (χ0) is 9.42. The van der Waals surface area contributed by atoms with Crippen LogP contribution in [0.1, 0.15) is 0 Å². The van der Waals surface area contributed by atoms with Crippen molar-refractivity contribution in [1.29, 1.82) is 0 Å². The minimum atomic E-state index is -0.820. The molecular formula is C9H5FO3. The number of aromatic hydroxyl groups is 1. The fraction of sp³-hybridized carbons (Fsp3) is 0. The topological polar surface area (TPSA) is 50.4 Å². The Morgan fingerprint density at radius 1 is 1.31 bits per heavy atom. The van der Waals surface area contributed by atoms with Crippen LogP contribution in [0.2, 0.25) is 0 Å². The number of hydrogen-bond donors (Lipinski definition) is 1. The van der Waals surface area contributed by atoms with Gasteiger partial charge in [0.05, 0.1) is 0 Å². The van der Waals surface area contributed by atoms with Gasteiger partial charge in [0, 0.05) is 5.39 Å². The van der Waals surface area contributed by atoms with Crippen molar-refractivity contribution in [2.24, 2.45) is 0 Å². The van der Waals surface area contributed by atoms with Gasteiger partial charge in [0.15, 0.2) is 0 Å². The summed E-state index contributed by atoms with van der Waals surface area (Å²) in [5, 5.41) is 9.34. The molecule has 4 heteroatoms. The Kier molecular flexibility index (Phi) is 1.55. The summed E-state index contributed by atoms with van der Waals surface area (Å²) in [4.78, 5) is 10.8. The standard InChI is InChI=1S/C9H5FO3/c10-6-1-2-8-5(3-6)4-7(11)9(12)13-8/h1-4,11H. The van der Waals surface area contributed by atoms with Crippen LogP contribution in [0.5, 0.6) is 5.75 Å². The Hall–Kier alpha value is -1.84. The average molecular weight is 180 g/mol. The second-order valence-corrected chi connectivity index (χ2v) is 2.60. The van der Waals surface area contributed by atoms with Crippen LogP contribution >= 0.6 is 0 Å². The molecule has 2 aromatic rings. The number of halogens is 1. The van der Waals surface area contributed by atoms with Gasteiger partial charge in [-0.2, -0.15) is 0 Å². The van der Waals surface area contributed by atoms with Crippen LogP contribution in [0, 0.1) is 5.82 Å². The van der Waals surface area contributed by atoms with Gasteiger partial charge >= 0.3 is 5.63 Å². The van der Waals surface area contributed by atoms with E-state index in [1.165, 1.54) is 24.3 Å². The lowest BCUT2D eigenvalue weighted by Crippen LogP contribution is -1.96. The first-order valence-corrected chi connectivity index (χ1v) is 3.59.